The molecular formula is C3H10NO3P. The molecule has 2 unspecified atom stereocenters. The summed E-state index contributed by atoms with van der Waals surface area (Å²) in [4.78, 5) is 8.61. The maximum atomic E-state index is 10.5. The van der Waals surface area contributed by atoms with Gasteiger partial charge in [0.1, 0.15) is 0 Å². The van der Waals surface area contributed by atoms with Crippen LogP contribution in [0.4, 0.5) is 0 Å². The smallest absolute Gasteiger partial charge is 0.253 e. The highest BCUT2D eigenvalue weighted by atomic mass is 31.2. The Morgan fingerprint density at radius 1 is 1.88 bits per heavy atom. The highest BCUT2D eigenvalue weighted by molar-refractivity contribution is 7.57. The molecule has 0 aliphatic rings. The number of hydrogen-bond donors (Lipinski definition) is 2. The van der Waals surface area contributed by atoms with Crippen molar-refractivity contribution in [2.75, 3.05) is 6.66 Å². The van der Waals surface area contributed by atoms with Crippen LogP contribution in [0, 0.1) is 5.21 Å². The molecule has 5 heteroatoms. The first-order valence-corrected chi connectivity index (χ1v) is 4.41. The molecule has 0 bridgehead atoms. The Kier molecular flexibility index (Phi) is 2.63. The van der Waals surface area contributed by atoms with Crippen molar-refractivity contribution in [3.05, 3.63) is 5.21 Å². The first kappa shape index (κ1) is 8.11. The Balaban J connectivity index is 3.82. The molecule has 0 aromatic carbocycles. The third-order valence-corrected chi connectivity index (χ3v) is 2.59. The lowest BCUT2D eigenvalue weighted by atomic mass is 10.8. The van der Waals surface area contributed by atoms with E-state index in [-0.39, 0.29) is 0 Å². The zero-order chi connectivity index (χ0) is 6.78. The van der Waals surface area contributed by atoms with Crippen LogP contribution in [-0.4, -0.2) is 17.3 Å². The maximum absolute atomic E-state index is 10.5. The van der Waals surface area contributed by atoms with E-state index in [1.807, 2.05) is 0 Å². The van der Waals surface area contributed by atoms with Crippen LogP contribution in [-0.2, 0) is 4.57 Å². The molecule has 0 aromatic rings. The Morgan fingerprint density at radius 3 is 2.25 bits per heavy atom. The second-order valence-electron chi connectivity index (χ2n) is 1.82. The van der Waals surface area contributed by atoms with Crippen molar-refractivity contribution in [2.45, 2.75) is 12.7 Å². The van der Waals surface area contributed by atoms with Gasteiger partial charge in [0.05, 0.1) is 0 Å². The van der Waals surface area contributed by atoms with Crippen LogP contribution in [0.3, 0.4) is 0 Å². The summed E-state index contributed by atoms with van der Waals surface area (Å²) < 4.78 is 10.5. The van der Waals surface area contributed by atoms with Crippen LogP contribution in [0.5, 0.6) is 0 Å². The molecular weight excluding hydrogens is 129 g/mol. The van der Waals surface area contributed by atoms with Gasteiger partial charge in [-0.2, -0.15) is 0 Å². The Hall–Kier alpha value is 0.110. The Labute approximate surface area is 47.9 Å². The van der Waals surface area contributed by atoms with Crippen LogP contribution in [0.15, 0.2) is 0 Å². The highest BCUT2D eigenvalue weighted by Gasteiger charge is 2.20. The van der Waals surface area contributed by atoms with Crippen LogP contribution < -0.4 is 5.48 Å². The van der Waals surface area contributed by atoms with Crippen molar-refractivity contribution in [1.82, 2.24) is 0 Å². The summed E-state index contributed by atoms with van der Waals surface area (Å²) in [5, 5.41) is 9.82. The fourth-order valence-corrected chi connectivity index (χ4v) is 0.339. The maximum Gasteiger partial charge on any atom is 0.253 e. The quantitative estimate of drug-likeness (QED) is 0.392. The van der Waals surface area contributed by atoms with Crippen LogP contribution in [0.2, 0.25) is 0 Å². The fourth-order valence-electron chi connectivity index (χ4n) is 0.113. The lowest BCUT2D eigenvalue weighted by molar-refractivity contribution is -0.603. The van der Waals surface area contributed by atoms with Crippen molar-refractivity contribution in [3.63, 3.8) is 0 Å². The summed E-state index contributed by atoms with van der Waals surface area (Å²) in [6, 6.07) is 0. The van der Waals surface area contributed by atoms with Gasteiger partial charge >= 0.3 is 0 Å². The van der Waals surface area contributed by atoms with Crippen molar-refractivity contribution >= 4 is 7.37 Å². The van der Waals surface area contributed by atoms with Gasteiger partial charge in [-0.3, -0.25) is 4.57 Å². The number of nitrogens with two attached hydrogens (primary N) is 1. The van der Waals surface area contributed by atoms with Crippen LogP contribution in [0.1, 0.15) is 6.92 Å². The first-order chi connectivity index (χ1) is 3.48. The van der Waals surface area contributed by atoms with E-state index in [1.165, 1.54) is 13.6 Å². The molecule has 0 aromatic heterocycles. The minimum atomic E-state index is -3.12. The lowest BCUT2D eigenvalue weighted by Crippen LogP contribution is -2.82. The summed E-state index contributed by atoms with van der Waals surface area (Å²) in [7, 11) is -3.12. The van der Waals surface area contributed by atoms with Crippen LogP contribution >= 0.6 is 7.37 Å². The van der Waals surface area contributed by atoms with Crippen molar-refractivity contribution in [1.29, 1.82) is 0 Å². The molecule has 0 saturated carbocycles. The van der Waals surface area contributed by atoms with Crippen molar-refractivity contribution < 1.29 is 14.9 Å². The normalized spacial score (nSPS) is 22.0. The van der Waals surface area contributed by atoms with E-state index in [1.54, 1.807) is 0 Å². The third-order valence-electron chi connectivity index (χ3n) is 0.953. The minimum absolute atomic E-state index is 0.487. The molecule has 0 rings (SSSR count). The standard InChI is InChI=1S/C3H10NO3P/c1-3(4-5)8(2,6)7/h3H,4H2,1-2H3,(H,6,7). The average Bonchev–Trinajstić information content (AvgIpc) is 1.62. The molecule has 8 heavy (non-hydrogen) atoms. The van der Waals surface area contributed by atoms with E-state index in [2.05, 4.69) is 0 Å². The summed E-state index contributed by atoms with van der Waals surface area (Å²) in [5.41, 5.74) is 0.487. The van der Waals surface area contributed by atoms with Gasteiger partial charge in [-0.1, -0.05) is 0 Å². The minimum Gasteiger partial charge on any atom is -0.635 e. The molecule has 0 aliphatic carbocycles. The molecule has 0 heterocycles. The largest absolute Gasteiger partial charge is 0.635 e. The summed E-state index contributed by atoms with van der Waals surface area (Å²) in [6.45, 7) is 2.60. The zero-order valence-corrected chi connectivity index (χ0v) is 5.76. The topological polar surface area (TPSA) is 77.0 Å². The van der Waals surface area contributed by atoms with E-state index < -0.39 is 13.2 Å². The Morgan fingerprint density at radius 2 is 2.25 bits per heavy atom. The molecule has 4 nitrogen and oxygen atoms in total. The van der Waals surface area contributed by atoms with E-state index in [0.29, 0.717) is 5.48 Å². The van der Waals surface area contributed by atoms with Crippen LogP contribution in [0.25, 0.3) is 0 Å². The first-order valence-electron chi connectivity index (χ1n) is 2.23. The summed E-state index contributed by atoms with van der Waals surface area (Å²) in [5.74, 6) is -0.720. The zero-order valence-electron chi connectivity index (χ0n) is 4.87. The van der Waals surface area contributed by atoms with Gasteiger partial charge < -0.3 is 15.6 Å². The third kappa shape index (κ3) is 2.43. The molecule has 0 fully saturated rings. The predicted octanol–water partition coefficient (Wildman–Crippen LogP) is -0.706. The molecule has 0 radical (unpaired) electrons. The van der Waals surface area contributed by atoms with E-state index in [4.69, 9.17) is 4.89 Å². The Bertz CT molecular complexity index is 109. The van der Waals surface area contributed by atoms with E-state index in [0.717, 1.165) is 0 Å². The van der Waals surface area contributed by atoms with E-state index in [9.17, 15) is 9.77 Å². The molecule has 0 saturated heterocycles. The molecule has 3 N–H and O–H groups in total. The predicted molar refractivity (Wildman–Crippen MR) is 30.5 cm³/mol. The molecule has 0 aliphatic heterocycles. The van der Waals surface area contributed by atoms with Gasteiger partial charge in [-0.15, -0.1) is 0 Å². The highest BCUT2D eigenvalue weighted by Crippen LogP contribution is 2.37. The van der Waals surface area contributed by atoms with Crippen molar-refractivity contribution in [2.24, 2.45) is 0 Å². The SMILES string of the molecule is CC([NH2+][O-])P(C)(=O)O. The van der Waals surface area contributed by atoms with Gasteiger partial charge in [0.15, 0.2) is 5.78 Å². The number of rotatable bonds is 2. The van der Waals surface area contributed by atoms with Gasteiger partial charge in [0, 0.05) is 6.66 Å². The summed E-state index contributed by atoms with van der Waals surface area (Å²) in [6.07, 6.45) is 0. The monoisotopic (exact) mass is 139 g/mol. The van der Waals surface area contributed by atoms with Gasteiger partial charge in [-0.05, 0) is 6.92 Å². The number of hydrogen-bond acceptors (Lipinski definition) is 2. The number of hydroxylamine groups is 1. The molecule has 2 atom stereocenters. The van der Waals surface area contributed by atoms with E-state index >= 15 is 0 Å². The van der Waals surface area contributed by atoms with Gasteiger partial charge in [0.25, 0.3) is 7.37 Å². The molecule has 0 amide bonds. The lowest BCUT2D eigenvalue weighted by Gasteiger charge is -2.13. The number of quaternary nitrogens is 1. The van der Waals surface area contributed by atoms with Gasteiger partial charge in [0.2, 0.25) is 0 Å². The summed E-state index contributed by atoms with van der Waals surface area (Å²) >= 11 is 0. The average molecular weight is 139 g/mol. The second kappa shape index (κ2) is 2.60. The van der Waals surface area contributed by atoms with Gasteiger partial charge in [-0.25, -0.2) is 0 Å². The van der Waals surface area contributed by atoms with Crippen molar-refractivity contribution in [3.8, 4) is 0 Å². The second-order valence-corrected chi connectivity index (χ2v) is 4.52. The molecule has 50 valence electrons. The molecule has 0 spiro atoms. The fraction of sp³-hybridized carbons (Fsp3) is 1.00.